The minimum absolute atomic E-state index is 0.0162. The highest BCUT2D eigenvalue weighted by Gasteiger charge is 2.15. The van der Waals surface area contributed by atoms with Gasteiger partial charge in [0.05, 0.1) is 6.54 Å². The maximum absolute atomic E-state index is 12.8. The number of carbonyl (C=O) groups is 3. The standard InChI is InChI=1S/C26H36N4O3/c1-5-15-30(16-6-2)26(33)21-10-8-12-23(18-21)28-24(31)19-27-22-11-7-9-20(17-22)13-14-25(32)29(3)4/h7-12,17-18,27H,5-6,13-16,19H2,1-4H3,(H,28,31). The zero-order valence-electron chi connectivity index (χ0n) is 20.2. The predicted molar refractivity (Wildman–Crippen MR) is 134 cm³/mol. The lowest BCUT2D eigenvalue weighted by Gasteiger charge is -2.21. The molecule has 0 radical (unpaired) electrons. The quantitative estimate of drug-likeness (QED) is 0.510. The van der Waals surface area contributed by atoms with Crippen molar-refractivity contribution in [1.82, 2.24) is 9.80 Å². The van der Waals surface area contributed by atoms with E-state index in [0.717, 1.165) is 37.2 Å². The minimum Gasteiger partial charge on any atom is -0.376 e. The molecule has 0 heterocycles. The van der Waals surface area contributed by atoms with Crippen molar-refractivity contribution < 1.29 is 14.4 Å². The van der Waals surface area contributed by atoms with Crippen LogP contribution < -0.4 is 10.6 Å². The Morgan fingerprint density at radius 2 is 1.55 bits per heavy atom. The monoisotopic (exact) mass is 452 g/mol. The normalized spacial score (nSPS) is 10.4. The fourth-order valence-corrected chi connectivity index (χ4v) is 3.47. The first-order valence-corrected chi connectivity index (χ1v) is 11.6. The summed E-state index contributed by atoms with van der Waals surface area (Å²) in [5, 5.41) is 5.98. The number of hydrogen-bond acceptors (Lipinski definition) is 4. The molecule has 2 aromatic carbocycles. The van der Waals surface area contributed by atoms with Gasteiger partial charge in [0.15, 0.2) is 0 Å². The largest absolute Gasteiger partial charge is 0.376 e. The molecule has 0 saturated heterocycles. The average Bonchev–Trinajstić information content (AvgIpc) is 2.81. The van der Waals surface area contributed by atoms with Crippen molar-refractivity contribution in [2.24, 2.45) is 0 Å². The van der Waals surface area contributed by atoms with Crippen LogP contribution in [0.2, 0.25) is 0 Å². The van der Waals surface area contributed by atoms with Gasteiger partial charge < -0.3 is 20.4 Å². The zero-order chi connectivity index (χ0) is 24.2. The van der Waals surface area contributed by atoms with Crippen molar-refractivity contribution >= 4 is 29.1 Å². The van der Waals surface area contributed by atoms with Gasteiger partial charge in [0, 0.05) is 50.5 Å². The third-order valence-corrected chi connectivity index (χ3v) is 5.17. The van der Waals surface area contributed by atoms with Crippen LogP contribution in [0.4, 0.5) is 11.4 Å². The highest BCUT2D eigenvalue weighted by atomic mass is 16.2. The van der Waals surface area contributed by atoms with Gasteiger partial charge in [-0.15, -0.1) is 0 Å². The molecular weight excluding hydrogens is 416 g/mol. The van der Waals surface area contributed by atoms with Crippen LogP contribution in [0.1, 0.15) is 49.0 Å². The molecule has 0 fully saturated rings. The molecule has 0 atom stereocenters. The van der Waals surface area contributed by atoms with Gasteiger partial charge in [-0.25, -0.2) is 0 Å². The number of rotatable bonds is 12. The van der Waals surface area contributed by atoms with E-state index >= 15 is 0 Å². The fraction of sp³-hybridized carbons (Fsp3) is 0.423. The Morgan fingerprint density at radius 3 is 2.21 bits per heavy atom. The summed E-state index contributed by atoms with van der Waals surface area (Å²) in [6, 6.07) is 14.8. The van der Waals surface area contributed by atoms with E-state index in [1.54, 1.807) is 43.3 Å². The molecule has 0 aliphatic carbocycles. The van der Waals surface area contributed by atoms with Gasteiger partial charge in [-0.05, 0) is 55.2 Å². The van der Waals surface area contributed by atoms with Crippen LogP contribution in [0, 0.1) is 0 Å². The van der Waals surface area contributed by atoms with Crippen molar-refractivity contribution in [3.63, 3.8) is 0 Å². The van der Waals surface area contributed by atoms with Crippen LogP contribution in [0.25, 0.3) is 0 Å². The first-order valence-electron chi connectivity index (χ1n) is 11.6. The van der Waals surface area contributed by atoms with Crippen LogP contribution in [-0.4, -0.2) is 61.3 Å². The first kappa shape index (κ1) is 25.9. The molecule has 33 heavy (non-hydrogen) atoms. The van der Waals surface area contributed by atoms with Gasteiger partial charge in [-0.1, -0.05) is 32.0 Å². The van der Waals surface area contributed by atoms with E-state index < -0.39 is 0 Å². The number of hydrogen-bond donors (Lipinski definition) is 2. The summed E-state index contributed by atoms with van der Waals surface area (Å²) in [4.78, 5) is 40.5. The third kappa shape index (κ3) is 8.60. The Morgan fingerprint density at radius 1 is 0.879 bits per heavy atom. The molecular formula is C26H36N4O3. The zero-order valence-corrected chi connectivity index (χ0v) is 20.2. The molecule has 2 N–H and O–H groups in total. The summed E-state index contributed by atoms with van der Waals surface area (Å²) in [5.41, 5.74) is 3.02. The van der Waals surface area contributed by atoms with Crippen molar-refractivity contribution in [3.05, 3.63) is 59.7 Å². The number of benzene rings is 2. The molecule has 2 aromatic rings. The molecule has 7 heteroatoms. The van der Waals surface area contributed by atoms with Gasteiger partial charge in [0.2, 0.25) is 11.8 Å². The molecule has 0 aromatic heterocycles. The molecule has 7 nitrogen and oxygen atoms in total. The van der Waals surface area contributed by atoms with E-state index in [4.69, 9.17) is 0 Å². The number of nitrogens with zero attached hydrogens (tertiary/aromatic N) is 2. The predicted octanol–water partition coefficient (Wildman–Crippen LogP) is 4.02. The van der Waals surface area contributed by atoms with Crippen molar-refractivity contribution in [2.75, 3.05) is 44.4 Å². The summed E-state index contributed by atoms with van der Waals surface area (Å²) >= 11 is 0. The van der Waals surface area contributed by atoms with Crippen LogP contribution in [-0.2, 0) is 16.0 Å². The topological polar surface area (TPSA) is 81.8 Å². The molecule has 2 rings (SSSR count). The Hall–Kier alpha value is -3.35. The molecule has 0 spiro atoms. The van der Waals surface area contributed by atoms with Crippen molar-refractivity contribution in [3.8, 4) is 0 Å². The van der Waals surface area contributed by atoms with E-state index in [0.29, 0.717) is 24.1 Å². The van der Waals surface area contributed by atoms with Crippen LogP contribution in [0.15, 0.2) is 48.5 Å². The van der Waals surface area contributed by atoms with Gasteiger partial charge in [-0.3, -0.25) is 14.4 Å². The second kappa shape index (κ2) is 13.3. The second-order valence-corrected chi connectivity index (χ2v) is 8.26. The van der Waals surface area contributed by atoms with Crippen LogP contribution in [0.5, 0.6) is 0 Å². The third-order valence-electron chi connectivity index (χ3n) is 5.17. The molecule has 178 valence electrons. The maximum Gasteiger partial charge on any atom is 0.253 e. The van der Waals surface area contributed by atoms with Crippen molar-refractivity contribution in [1.29, 1.82) is 0 Å². The molecule has 0 bridgehead atoms. The van der Waals surface area contributed by atoms with Crippen molar-refractivity contribution in [2.45, 2.75) is 39.5 Å². The Balaban J connectivity index is 1.92. The number of amides is 3. The molecule has 0 saturated carbocycles. The molecule has 0 unspecified atom stereocenters. The number of aryl methyl sites for hydroxylation is 1. The van der Waals surface area contributed by atoms with Gasteiger partial charge in [-0.2, -0.15) is 0 Å². The van der Waals surface area contributed by atoms with E-state index in [1.165, 1.54) is 0 Å². The summed E-state index contributed by atoms with van der Waals surface area (Å²) in [5.74, 6) is -0.134. The summed E-state index contributed by atoms with van der Waals surface area (Å²) in [7, 11) is 3.49. The lowest BCUT2D eigenvalue weighted by atomic mass is 10.1. The summed E-state index contributed by atoms with van der Waals surface area (Å²) < 4.78 is 0. The average molecular weight is 453 g/mol. The maximum atomic E-state index is 12.8. The van der Waals surface area contributed by atoms with E-state index in [2.05, 4.69) is 24.5 Å². The summed E-state index contributed by atoms with van der Waals surface area (Å²) in [6.45, 7) is 5.64. The number of nitrogens with one attached hydrogen (secondary N) is 2. The Bertz CT molecular complexity index is 937. The lowest BCUT2D eigenvalue weighted by Crippen LogP contribution is -2.32. The Labute approximate surface area is 197 Å². The molecule has 0 aliphatic heterocycles. The SMILES string of the molecule is CCCN(CCC)C(=O)c1cccc(NC(=O)CNc2cccc(CCC(=O)N(C)C)c2)c1. The van der Waals surface area contributed by atoms with Crippen LogP contribution in [0.3, 0.4) is 0 Å². The fourth-order valence-electron chi connectivity index (χ4n) is 3.47. The highest BCUT2D eigenvalue weighted by molar-refractivity contribution is 5.98. The van der Waals surface area contributed by atoms with E-state index in [1.807, 2.05) is 29.2 Å². The van der Waals surface area contributed by atoms with Crippen LogP contribution >= 0.6 is 0 Å². The number of anilines is 2. The second-order valence-electron chi connectivity index (χ2n) is 8.26. The van der Waals surface area contributed by atoms with E-state index in [-0.39, 0.29) is 24.3 Å². The van der Waals surface area contributed by atoms with Gasteiger partial charge >= 0.3 is 0 Å². The van der Waals surface area contributed by atoms with E-state index in [9.17, 15) is 14.4 Å². The van der Waals surface area contributed by atoms with Gasteiger partial charge in [0.1, 0.15) is 0 Å². The Kier molecular flexibility index (Phi) is 10.4. The molecule has 0 aliphatic rings. The smallest absolute Gasteiger partial charge is 0.253 e. The first-order chi connectivity index (χ1) is 15.8. The lowest BCUT2D eigenvalue weighted by molar-refractivity contribution is -0.128. The molecule has 3 amide bonds. The van der Waals surface area contributed by atoms with Gasteiger partial charge in [0.25, 0.3) is 5.91 Å². The summed E-state index contributed by atoms with van der Waals surface area (Å²) in [6.07, 6.45) is 2.90. The number of carbonyl (C=O) groups excluding carboxylic acids is 3. The minimum atomic E-state index is -0.202. The highest BCUT2D eigenvalue weighted by Crippen LogP contribution is 2.15.